The summed E-state index contributed by atoms with van der Waals surface area (Å²) in [5.41, 5.74) is 3.84. The number of β-amino-alcohol motifs (C(OH)–C–C–N with tert-alkyl or cyclic N) is 1. The van der Waals surface area contributed by atoms with Gasteiger partial charge in [0.2, 0.25) is 0 Å². The smallest absolute Gasteiger partial charge is 0.145 e. The molecule has 0 amide bonds. The van der Waals surface area contributed by atoms with Crippen molar-refractivity contribution < 1.29 is 19.3 Å². The van der Waals surface area contributed by atoms with E-state index in [0.29, 0.717) is 35.6 Å². The number of allylic oxidation sites excluding steroid dienone is 1. The number of benzene rings is 2. The van der Waals surface area contributed by atoms with Crippen molar-refractivity contribution in [1.82, 2.24) is 0 Å². The van der Waals surface area contributed by atoms with Gasteiger partial charge in [-0.25, -0.2) is 4.39 Å². The van der Waals surface area contributed by atoms with Crippen LogP contribution in [0.2, 0.25) is 5.02 Å². The molecule has 0 saturated heterocycles. The highest BCUT2D eigenvalue weighted by Gasteiger charge is 2.25. The number of aliphatic hydroxyl groups excluding tert-OH is 2. The summed E-state index contributed by atoms with van der Waals surface area (Å²) in [6.45, 7) is 14.3. The van der Waals surface area contributed by atoms with Crippen molar-refractivity contribution in [2.24, 2.45) is 0 Å². The first kappa shape index (κ1) is 24.5. The number of nitrogens with zero attached hydrogens (tertiary/aromatic N) is 1. The summed E-state index contributed by atoms with van der Waals surface area (Å²) in [5, 5.41) is 19.5. The summed E-state index contributed by atoms with van der Waals surface area (Å²) in [4.78, 5) is 1.81. The van der Waals surface area contributed by atoms with Gasteiger partial charge in [-0.2, -0.15) is 0 Å². The molecule has 0 atom stereocenters. The average molecular weight is 446 g/mol. The first-order valence-electron chi connectivity index (χ1n) is 10.3. The van der Waals surface area contributed by atoms with E-state index in [0.717, 1.165) is 16.8 Å². The van der Waals surface area contributed by atoms with Crippen LogP contribution < -0.4 is 9.64 Å². The molecule has 0 fully saturated rings. The zero-order chi connectivity index (χ0) is 23.1. The second-order valence-corrected chi connectivity index (χ2v) is 7.09. The quantitative estimate of drug-likeness (QED) is 0.493. The third kappa shape index (κ3) is 5.30. The maximum atomic E-state index is 14.5. The lowest BCUT2D eigenvalue weighted by Gasteiger charge is -2.31. The molecule has 0 unspecified atom stereocenters. The third-order valence-corrected chi connectivity index (χ3v) is 5.08. The Morgan fingerprint density at radius 3 is 2.55 bits per heavy atom. The maximum Gasteiger partial charge on any atom is 0.145 e. The minimum Gasteiger partial charge on any atom is -0.508 e. The molecule has 0 aromatic heterocycles. The molecule has 3 rings (SSSR count). The molecule has 2 N–H and O–H groups in total. The van der Waals surface area contributed by atoms with E-state index in [1.807, 2.05) is 37.8 Å². The SMILES string of the molecule is C=C(O)C1=CN(CCO)c2cc(OCC)c(Cc3cccc(Cl)c3F)cc2C1=C.CC. The summed E-state index contributed by atoms with van der Waals surface area (Å²) in [7, 11) is 0. The molecular weight excluding hydrogens is 417 g/mol. The molecular formula is C25H29ClFNO3. The minimum atomic E-state index is -0.459. The number of anilines is 1. The lowest BCUT2D eigenvalue weighted by atomic mass is 9.90. The van der Waals surface area contributed by atoms with E-state index in [2.05, 4.69) is 13.2 Å². The highest BCUT2D eigenvalue weighted by atomic mass is 35.5. The Labute approximate surface area is 188 Å². The molecule has 0 bridgehead atoms. The molecule has 2 aromatic carbocycles. The van der Waals surface area contributed by atoms with E-state index < -0.39 is 5.82 Å². The van der Waals surface area contributed by atoms with Crippen molar-refractivity contribution in [2.75, 3.05) is 24.7 Å². The molecule has 0 aliphatic carbocycles. The van der Waals surface area contributed by atoms with Crippen LogP contribution in [0.3, 0.4) is 0 Å². The molecule has 1 heterocycles. The van der Waals surface area contributed by atoms with E-state index in [1.54, 1.807) is 18.3 Å². The number of hydrogen-bond acceptors (Lipinski definition) is 4. The summed E-state index contributed by atoms with van der Waals surface area (Å²) in [6.07, 6.45) is 1.98. The standard InChI is InChI=1S/C23H23ClFNO3.C2H6/c1-4-29-22-12-21-18(14(2)19(15(3)28)13-26(21)8-9-27)11-17(22)10-16-6-5-7-20(24)23(16)25;1-2/h5-7,11-13,27-28H,2-4,8-10H2,1H3;1-2H3. The lowest BCUT2D eigenvalue weighted by Crippen LogP contribution is -2.25. The van der Waals surface area contributed by atoms with E-state index in [9.17, 15) is 14.6 Å². The van der Waals surface area contributed by atoms with Crippen LogP contribution in [0.25, 0.3) is 5.57 Å². The first-order chi connectivity index (χ1) is 14.9. The fourth-order valence-corrected chi connectivity index (χ4v) is 3.60. The number of halogens is 2. The molecule has 2 aromatic rings. The van der Waals surface area contributed by atoms with Crippen LogP contribution in [-0.4, -0.2) is 30.0 Å². The number of rotatable bonds is 7. The molecule has 0 saturated carbocycles. The Bertz CT molecular complexity index is 1000. The van der Waals surface area contributed by atoms with Crippen LogP contribution in [0.5, 0.6) is 5.75 Å². The third-order valence-electron chi connectivity index (χ3n) is 4.79. The van der Waals surface area contributed by atoms with Crippen molar-refractivity contribution >= 4 is 22.9 Å². The molecule has 6 heteroatoms. The van der Waals surface area contributed by atoms with Crippen molar-refractivity contribution in [1.29, 1.82) is 0 Å². The molecule has 0 radical (unpaired) electrons. The van der Waals surface area contributed by atoms with Crippen molar-refractivity contribution in [3.8, 4) is 5.75 Å². The van der Waals surface area contributed by atoms with Crippen LogP contribution in [0.15, 0.2) is 61.0 Å². The lowest BCUT2D eigenvalue weighted by molar-refractivity contribution is 0.305. The van der Waals surface area contributed by atoms with Gasteiger partial charge in [-0.3, -0.25) is 0 Å². The number of ether oxygens (including phenoxy) is 1. The van der Waals surface area contributed by atoms with E-state index in [1.165, 1.54) is 6.07 Å². The molecule has 0 spiro atoms. The minimum absolute atomic E-state index is 0.0683. The van der Waals surface area contributed by atoms with Gasteiger partial charge in [0.25, 0.3) is 0 Å². The predicted molar refractivity (Wildman–Crippen MR) is 126 cm³/mol. The van der Waals surface area contributed by atoms with Crippen LogP contribution in [0, 0.1) is 5.82 Å². The number of aliphatic hydroxyl groups is 2. The van der Waals surface area contributed by atoms with Gasteiger partial charge in [-0.15, -0.1) is 0 Å². The number of fused-ring (bicyclic) bond motifs is 1. The Morgan fingerprint density at radius 2 is 1.94 bits per heavy atom. The first-order valence-corrected chi connectivity index (χ1v) is 10.6. The Balaban J connectivity index is 0.00000166. The summed E-state index contributed by atoms with van der Waals surface area (Å²) in [6, 6.07) is 8.63. The van der Waals surface area contributed by atoms with Crippen LogP contribution in [0.4, 0.5) is 10.1 Å². The van der Waals surface area contributed by atoms with Crippen LogP contribution >= 0.6 is 11.6 Å². The van der Waals surface area contributed by atoms with Gasteiger partial charge in [0.15, 0.2) is 0 Å². The predicted octanol–water partition coefficient (Wildman–Crippen LogP) is 6.28. The molecule has 1 aliphatic heterocycles. The number of hydrogen-bond donors (Lipinski definition) is 2. The molecule has 166 valence electrons. The highest BCUT2D eigenvalue weighted by Crippen LogP contribution is 2.42. The van der Waals surface area contributed by atoms with E-state index in [4.69, 9.17) is 16.3 Å². The fourth-order valence-electron chi connectivity index (χ4n) is 3.40. The maximum absolute atomic E-state index is 14.5. The summed E-state index contributed by atoms with van der Waals surface area (Å²) >= 11 is 5.93. The van der Waals surface area contributed by atoms with Gasteiger partial charge in [0.1, 0.15) is 17.3 Å². The molecule has 4 nitrogen and oxygen atoms in total. The Morgan fingerprint density at radius 1 is 1.23 bits per heavy atom. The topological polar surface area (TPSA) is 52.9 Å². The zero-order valence-corrected chi connectivity index (χ0v) is 19.0. The highest BCUT2D eigenvalue weighted by molar-refractivity contribution is 6.30. The second kappa shape index (κ2) is 11.0. The normalized spacial score (nSPS) is 12.5. The Kier molecular flexibility index (Phi) is 8.72. The van der Waals surface area contributed by atoms with Gasteiger partial charge in [0.05, 0.1) is 23.9 Å². The molecule has 31 heavy (non-hydrogen) atoms. The monoisotopic (exact) mass is 445 g/mol. The largest absolute Gasteiger partial charge is 0.508 e. The summed E-state index contributed by atoms with van der Waals surface area (Å²) < 4.78 is 20.3. The molecule has 1 aliphatic rings. The van der Waals surface area contributed by atoms with E-state index in [-0.39, 0.29) is 23.8 Å². The van der Waals surface area contributed by atoms with Crippen molar-refractivity contribution in [2.45, 2.75) is 27.2 Å². The van der Waals surface area contributed by atoms with Gasteiger partial charge >= 0.3 is 0 Å². The zero-order valence-electron chi connectivity index (χ0n) is 18.2. The second-order valence-electron chi connectivity index (χ2n) is 6.68. The van der Waals surface area contributed by atoms with Gasteiger partial charge in [-0.05, 0) is 35.8 Å². The van der Waals surface area contributed by atoms with Gasteiger partial charge < -0.3 is 19.8 Å². The van der Waals surface area contributed by atoms with E-state index >= 15 is 0 Å². The Hall–Kier alpha value is -2.76. The van der Waals surface area contributed by atoms with Crippen molar-refractivity contribution in [3.63, 3.8) is 0 Å². The van der Waals surface area contributed by atoms with Gasteiger partial charge in [0, 0.05) is 36.4 Å². The van der Waals surface area contributed by atoms with Crippen molar-refractivity contribution in [3.05, 3.63) is 88.6 Å². The van der Waals surface area contributed by atoms with Crippen LogP contribution in [-0.2, 0) is 6.42 Å². The average Bonchev–Trinajstić information content (AvgIpc) is 2.75. The van der Waals surface area contributed by atoms with Gasteiger partial charge in [-0.1, -0.05) is 50.7 Å². The summed E-state index contributed by atoms with van der Waals surface area (Å²) in [5.74, 6) is 0.0420. The fraction of sp³-hybridized carbons (Fsp3) is 0.280. The van der Waals surface area contributed by atoms with Crippen LogP contribution in [0.1, 0.15) is 37.5 Å².